The second-order valence-electron chi connectivity index (χ2n) is 6.30. The van der Waals surface area contributed by atoms with Crippen LogP contribution >= 0.6 is 0 Å². The minimum atomic E-state index is -3.43. The topological polar surface area (TPSA) is 61.8 Å². The lowest BCUT2D eigenvalue weighted by atomic mass is 9.79. The molecule has 1 heterocycles. The van der Waals surface area contributed by atoms with Crippen molar-refractivity contribution in [1.82, 2.24) is 0 Å². The maximum Gasteiger partial charge on any atom is 0.494 e. The van der Waals surface area contributed by atoms with Crippen molar-refractivity contribution in [2.24, 2.45) is 0 Å². The third kappa shape index (κ3) is 3.85. The van der Waals surface area contributed by atoms with E-state index in [0.717, 1.165) is 17.3 Å². The highest BCUT2D eigenvalue weighted by Crippen LogP contribution is 2.36. The minimum absolute atomic E-state index is 0.0302. The third-order valence-electron chi connectivity index (χ3n) is 3.94. The quantitative estimate of drug-likeness (QED) is 0.622. The summed E-state index contributed by atoms with van der Waals surface area (Å²) in [5.74, 6) is 0. The van der Waals surface area contributed by atoms with Crippen LogP contribution in [0.1, 0.15) is 33.3 Å². The van der Waals surface area contributed by atoms with Gasteiger partial charge in [0.1, 0.15) is 0 Å². The van der Waals surface area contributed by atoms with Gasteiger partial charge in [0.2, 0.25) is 0 Å². The second kappa shape index (κ2) is 5.39. The maximum absolute atomic E-state index is 11.0. The summed E-state index contributed by atoms with van der Waals surface area (Å²) in [6, 6.07) is 7.35. The summed E-state index contributed by atoms with van der Waals surface area (Å²) >= 11 is 0. The van der Waals surface area contributed by atoms with Gasteiger partial charge in [-0.1, -0.05) is 24.3 Å². The number of benzene rings is 1. The van der Waals surface area contributed by atoms with Crippen molar-refractivity contribution in [3.05, 3.63) is 29.8 Å². The van der Waals surface area contributed by atoms with Gasteiger partial charge in [0.05, 0.1) is 24.1 Å². The van der Waals surface area contributed by atoms with E-state index >= 15 is 0 Å². The molecule has 0 radical (unpaired) electrons. The molecular formula is C14H21BO5S. The van der Waals surface area contributed by atoms with Gasteiger partial charge in [0.25, 0.3) is 10.1 Å². The normalized spacial score (nSPS) is 20.7. The van der Waals surface area contributed by atoms with Crippen LogP contribution in [0.4, 0.5) is 0 Å². The lowest BCUT2D eigenvalue weighted by molar-refractivity contribution is 0.00578. The molecule has 1 fully saturated rings. The Balaban J connectivity index is 2.07. The van der Waals surface area contributed by atoms with Crippen LogP contribution in [0.15, 0.2) is 24.3 Å². The molecule has 0 N–H and O–H groups in total. The fraction of sp³-hybridized carbons (Fsp3) is 0.571. The molecule has 1 aromatic carbocycles. The standard InChI is InChI=1S/C14H21BO5S/c1-13(2)14(3,4)20-15(19-13)12-8-6-11(7-9-12)10-18-21(5,16)17/h6-9H,10H2,1-5H3. The summed E-state index contributed by atoms with van der Waals surface area (Å²) in [4.78, 5) is 0. The Labute approximate surface area is 126 Å². The van der Waals surface area contributed by atoms with Crippen LogP contribution < -0.4 is 5.46 Å². The van der Waals surface area contributed by atoms with Crippen LogP contribution in [0.5, 0.6) is 0 Å². The van der Waals surface area contributed by atoms with E-state index in [1.54, 1.807) is 0 Å². The van der Waals surface area contributed by atoms with Crippen molar-refractivity contribution >= 4 is 22.7 Å². The molecule has 116 valence electrons. The van der Waals surface area contributed by atoms with Crippen molar-refractivity contribution < 1.29 is 21.9 Å². The van der Waals surface area contributed by atoms with Crippen LogP contribution in [0.2, 0.25) is 0 Å². The number of rotatable bonds is 4. The first-order chi connectivity index (χ1) is 9.50. The van der Waals surface area contributed by atoms with E-state index in [9.17, 15) is 8.42 Å². The van der Waals surface area contributed by atoms with E-state index in [-0.39, 0.29) is 17.8 Å². The molecule has 1 aliphatic heterocycles. The zero-order valence-corrected chi connectivity index (χ0v) is 13.9. The van der Waals surface area contributed by atoms with Crippen molar-refractivity contribution in [3.8, 4) is 0 Å². The SMILES string of the molecule is CC1(C)OB(c2ccc(COS(C)(=O)=O)cc2)OC1(C)C. The van der Waals surface area contributed by atoms with E-state index in [4.69, 9.17) is 13.5 Å². The summed E-state index contributed by atoms with van der Waals surface area (Å²) in [5, 5.41) is 0. The lowest BCUT2D eigenvalue weighted by Gasteiger charge is -2.32. The molecule has 2 rings (SSSR count). The molecule has 0 aliphatic carbocycles. The monoisotopic (exact) mass is 312 g/mol. The van der Waals surface area contributed by atoms with Gasteiger partial charge in [0.15, 0.2) is 0 Å². The molecule has 7 heteroatoms. The Bertz CT molecular complexity index is 591. The highest BCUT2D eigenvalue weighted by molar-refractivity contribution is 7.85. The van der Waals surface area contributed by atoms with Gasteiger partial charge in [-0.15, -0.1) is 0 Å². The molecule has 5 nitrogen and oxygen atoms in total. The van der Waals surface area contributed by atoms with Crippen LogP contribution in [0.25, 0.3) is 0 Å². The smallest absolute Gasteiger partial charge is 0.399 e. The first kappa shape index (κ1) is 16.5. The Morgan fingerprint density at radius 1 is 1.05 bits per heavy atom. The maximum atomic E-state index is 11.0. The molecule has 21 heavy (non-hydrogen) atoms. The summed E-state index contributed by atoms with van der Waals surface area (Å²) in [6.45, 7) is 8.04. The van der Waals surface area contributed by atoms with Gasteiger partial charge in [0, 0.05) is 0 Å². The summed E-state index contributed by atoms with van der Waals surface area (Å²) < 4.78 is 38.6. The highest BCUT2D eigenvalue weighted by atomic mass is 32.2. The molecule has 1 aromatic rings. The molecule has 0 amide bonds. The Morgan fingerprint density at radius 2 is 1.52 bits per heavy atom. The Hall–Kier alpha value is -0.885. The van der Waals surface area contributed by atoms with Crippen LogP contribution in [0, 0.1) is 0 Å². The van der Waals surface area contributed by atoms with E-state index in [2.05, 4.69) is 0 Å². The second-order valence-corrected chi connectivity index (χ2v) is 7.94. The van der Waals surface area contributed by atoms with E-state index in [1.807, 2.05) is 52.0 Å². The molecule has 0 bridgehead atoms. The average Bonchev–Trinajstić information content (AvgIpc) is 2.56. The molecule has 1 aliphatic rings. The molecule has 0 saturated carbocycles. The third-order valence-corrected chi connectivity index (χ3v) is 4.49. The van der Waals surface area contributed by atoms with Gasteiger partial charge < -0.3 is 9.31 Å². The summed E-state index contributed by atoms with van der Waals surface area (Å²) in [7, 11) is -3.85. The van der Waals surface area contributed by atoms with E-state index < -0.39 is 17.2 Å². The predicted octanol–water partition coefficient (Wildman–Crippen LogP) is 1.46. The zero-order valence-electron chi connectivity index (χ0n) is 13.0. The minimum Gasteiger partial charge on any atom is -0.399 e. The fourth-order valence-electron chi connectivity index (χ4n) is 1.93. The summed E-state index contributed by atoms with van der Waals surface area (Å²) in [5.41, 5.74) is 0.920. The van der Waals surface area contributed by atoms with E-state index in [1.165, 1.54) is 0 Å². The molecular weight excluding hydrogens is 291 g/mol. The Morgan fingerprint density at radius 3 is 1.95 bits per heavy atom. The average molecular weight is 312 g/mol. The van der Waals surface area contributed by atoms with E-state index in [0.29, 0.717) is 0 Å². The van der Waals surface area contributed by atoms with Crippen molar-refractivity contribution in [2.75, 3.05) is 6.26 Å². The number of hydrogen-bond donors (Lipinski definition) is 0. The molecule has 0 spiro atoms. The van der Waals surface area contributed by atoms with Gasteiger partial charge in [-0.25, -0.2) is 0 Å². The lowest BCUT2D eigenvalue weighted by Crippen LogP contribution is -2.41. The first-order valence-corrected chi connectivity index (χ1v) is 8.61. The highest BCUT2D eigenvalue weighted by Gasteiger charge is 2.51. The van der Waals surface area contributed by atoms with Gasteiger partial charge in [-0.05, 0) is 38.7 Å². The van der Waals surface area contributed by atoms with Crippen LogP contribution in [0.3, 0.4) is 0 Å². The van der Waals surface area contributed by atoms with Crippen molar-refractivity contribution in [1.29, 1.82) is 0 Å². The van der Waals surface area contributed by atoms with Gasteiger partial charge >= 0.3 is 7.12 Å². The molecule has 1 saturated heterocycles. The van der Waals surface area contributed by atoms with Crippen molar-refractivity contribution in [2.45, 2.75) is 45.5 Å². The van der Waals surface area contributed by atoms with Gasteiger partial charge in [-0.3, -0.25) is 4.18 Å². The number of hydrogen-bond acceptors (Lipinski definition) is 5. The van der Waals surface area contributed by atoms with Crippen molar-refractivity contribution in [3.63, 3.8) is 0 Å². The van der Waals surface area contributed by atoms with Crippen LogP contribution in [-0.2, 0) is 30.2 Å². The largest absolute Gasteiger partial charge is 0.494 e. The predicted molar refractivity (Wildman–Crippen MR) is 81.8 cm³/mol. The zero-order chi connectivity index (χ0) is 15.9. The Kier molecular flexibility index (Phi) is 4.23. The first-order valence-electron chi connectivity index (χ1n) is 6.79. The summed E-state index contributed by atoms with van der Waals surface area (Å²) in [6.07, 6.45) is 1.03. The molecule has 0 aromatic heterocycles. The van der Waals surface area contributed by atoms with Gasteiger partial charge in [-0.2, -0.15) is 8.42 Å². The molecule has 0 atom stereocenters. The molecule has 0 unspecified atom stereocenters. The fourth-order valence-corrected chi connectivity index (χ4v) is 2.28. The van der Waals surface area contributed by atoms with Crippen LogP contribution in [-0.4, -0.2) is 33.0 Å².